The van der Waals surface area contributed by atoms with Crippen molar-refractivity contribution in [1.82, 2.24) is 0 Å². The molecule has 20 heavy (non-hydrogen) atoms. The van der Waals surface area contributed by atoms with E-state index in [-0.39, 0.29) is 5.41 Å². The van der Waals surface area contributed by atoms with Gasteiger partial charge < -0.3 is 0 Å². The summed E-state index contributed by atoms with van der Waals surface area (Å²) in [6.45, 7) is 4.49. The Balaban J connectivity index is 2.96. The Hall–Kier alpha value is 0.0900. The lowest BCUT2D eigenvalue weighted by Crippen LogP contribution is -2.33. The van der Waals surface area contributed by atoms with Gasteiger partial charge in [0.05, 0.1) is 0 Å². The van der Waals surface area contributed by atoms with Gasteiger partial charge in [0.15, 0.2) is 0 Å². The Kier molecular flexibility index (Phi) is 8.32. The molecule has 0 aliphatic rings. The maximum atomic E-state index is 6.32. The first kappa shape index (κ1) is 18.1. The monoisotopic (exact) mass is 334 g/mol. The predicted molar refractivity (Wildman–Crippen MR) is 92.5 cm³/mol. The highest BCUT2D eigenvalue weighted by molar-refractivity contribution is 6.30. The molecule has 0 saturated heterocycles. The van der Waals surface area contributed by atoms with Crippen LogP contribution in [0.25, 0.3) is 0 Å². The van der Waals surface area contributed by atoms with Gasteiger partial charge in [0, 0.05) is 22.2 Å². The number of halogens is 3. The van der Waals surface area contributed by atoms with Crippen molar-refractivity contribution in [2.75, 3.05) is 11.8 Å². The van der Waals surface area contributed by atoms with Crippen LogP contribution in [0, 0.1) is 5.92 Å². The molecule has 0 amide bonds. The summed E-state index contributed by atoms with van der Waals surface area (Å²) < 4.78 is 0. The summed E-state index contributed by atoms with van der Waals surface area (Å²) in [6.07, 6.45) is 5.98. The number of rotatable bonds is 9. The maximum absolute atomic E-state index is 6.32. The van der Waals surface area contributed by atoms with Gasteiger partial charge >= 0.3 is 0 Å². The molecule has 0 radical (unpaired) electrons. The van der Waals surface area contributed by atoms with Crippen molar-refractivity contribution in [3.05, 3.63) is 34.9 Å². The minimum Gasteiger partial charge on any atom is -0.126 e. The average Bonchev–Trinajstić information content (AvgIpc) is 2.48. The van der Waals surface area contributed by atoms with Crippen molar-refractivity contribution < 1.29 is 0 Å². The molecule has 1 unspecified atom stereocenters. The van der Waals surface area contributed by atoms with Crippen molar-refractivity contribution >= 4 is 34.8 Å². The quantitative estimate of drug-likeness (QED) is 0.442. The standard InChI is InChI=1S/C17H25Cl3/c1-3-5-7-14(4-2)11-17(12-18,13-19)15-8-6-9-16(20)10-15/h6,8-10,14H,3-5,7,11-13H2,1-2H3. The third kappa shape index (κ3) is 4.83. The van der Waals surface area contributed by atoms with E-state index in [2.05, 4.69) is 19.9 Å². The van der Waals surface area contributed by atoms with Crippen LogP contribution in [0.5, 0.6) is 0 Å². The van der Waals surface area contributed by atoms with Crippen LogP contribution < -0.4 is 0 Å². The molecule has 0 spiro atoms. The Morgan fingerprint density at radius 2 is 1.85 bits per heavy atom. The number of benzene rings is 1. The summed E-state index contributed by atoms with van der Waals surface area (Å²) >= 11 is 18.8. The number of hydrogen-bond acceptors (Lipinski definition) is 0. The van der Waals surface area contributed by atoms with Crippen LogP contribution in [0.15, 0.2) is 24.3 Å². The van der Waals surface area contributed by atoms with Crippen LogP contribution in [0.2, 0.25) is 5.02 Å². The SMILES string of the molecule is CCCCC(CC)CC(CCl)(CCl)c1cccc(Cl)c1. The molecular formula is C17H25Cl3. The number of hydrogen-bond donors (Lipinski definition) is 0. The van der Waals surface area contributed by atoms with Crippen molar-refractivity contribution in [2.24, 2.45) is 5.92 Å². The smallest absolute Gasteiger partial charge is 0.0408 e. The lowest BCUT2D eigenvalue weighted by Gasteiger charge is -2.34. The normalized spacial score (nSPS) is 13.4. The molecule has 1 atom stereocenters. The van der Waals surface area contributed by atoms with Crippen molar-refractivity contribution in [2.45, 2.75) is 51.4 Å². The summed E-state index contributed by atoms with van der Waals surface area (Å²) in [4.78, 5) is 0. The fourth-order valence-corrected chi connectivity index (χ4v) is 3.73. The number of unbranched alkanes of at least 4 members (excludes halogenated alkanes) is 1. The number of alkyl halides is 2. The summed E-state index contributed by atoms with van der Waals surface area (Å²) in [5.41, 5.74) is 1.01. The fraction of sp³-hybridized carbons (Fsp3) is 0.647. The van der Waals surface area contributed by atoms with Crippen LogP contribution in [0.1, 0.15) is 51.5 Å². The van der Waals surface area contributed by atoms with E-state index >= 15 is 0 Å². The average molecular weight is 336 g/mol. The van der Waals surface area contributed by atoms with Gasteiger partial charge in [-0.25, -0.2) is 0 Å². The molecule has 0 fully saturated rings. The van der Waals surface area contributed by atoms with E-state index in [0.29, 0.717) is 17.7 Å². The lowest BCUT2D eigenvalue weighted by atomic mass is 9.75. The highest BCUT2D eigenvalue weighted by atomic mass is 35.5. The molecule has 0 N–H and O–H groups in total. The van der Waals surface area contributed by atoms with Gasteiger partial charge in [0.25, 0.3) is 0 Å². The third-order valence-electron chi connectivity index (χ3n) is 4.17. The lowest BCUT2D eigenvalue weighted by molar-refractivity contribution is 0.333. The van der Waals surface area contributed by atoms with E-state index in [1.165, 1.54) is 31.2 Å². The van der Waals surface area contributed by atoms with Crippen LogP contribution in [0.3, 0.4) is 0 Å². The predicted octanol–water partition coefficient (Wildman–Crippen LogP) is 6.66. The van der Waals surface area contributed by atoms with E-state index in [9.17, 15) is 0 Å². The molecule has 0 nitrogen and oxygen atoms in total. The van der Waals surface area contributed by atoms with Gasteiger partial charge in [-0.1, -0.05) is 63.3 Å². The fourth-order valence-electron chi connectivity index (χ4n) is 2.73. The minimum absolute atomic E-state index is 0.164. The van der Waals surface area contributed by atoms with E-state index < -0.39 is 0 Å². The van der Waals surface area contributed by atoms with Crippen molar-refractivity contribution in [1.29, 1.82) is 0 Å². The first-order chi connectivity index (χ1) is 9.61. The molecule has 0 aliphatic heterocycles. The summed E-state index contributed by atoms with van der Waals surface area (Å²) in [5.74, 6) is 1.75. The summed E-state index contributed by atoms with van der Waals surface area (Å²) in [7, 11) is 0. The van der Waals surface area contributed by atoms with Crippen molar-refractivity contribution in [3.8, 4) is 0 Å². The zero-order chi connectivity index (χ0) is 15.0. The van der Waals surface area contributed by atoms with Gasteiger partial charge in [0.2, 0.25) is 0 Å². The van der Waals surface area contributed by atoms with Gasteiger partial charge in [-0.05, 0) is 30.0 Å². The molecule has 0 saturated carbocycles. The van der Waals surface area contributed by atoms with Crippen molar-refractivity contribution in [3.63, 3.8) is 0 Å². The van der Waals surface area contributed by atoms with Crippen LogP contribution in [-0.4, -0.2) is 11.8 Å². The molecule has 3 heteroatoms. The second-order valence-electron chi connectivity index (χ2n) is 5.68. The Labute approximate surface area is 138 Å². The molecule has 1 rings (SSSR count). The van der Waals surface area contributed by atoms with Gasteiger partial charge in [-0.3, -0.25) is 0 Å². The Morgan fingerprint density at radius 3 is 2.35 bits per heavy atom. The largest absolute Gasteiger partial charge is 0.126 e. The zero-order valence-corrected chi connectivity index (χ0v) is 14.7. The first-order valence-electron chi connectivity index (χ1n) is 7.49. The molecule has 114 valence electrons. The van der Waals surface area contributed by atoms with E-state index in [1.807, 2.05) is 18.2 Å². The second kappa shape index (κ2) is 9.18. The molecule has 0 heterocycles. The molecule has 1 aromatic rings. The zero-order valence-electron chi connectivity index (χ0n) is 12.5. The van der Waals surface area contributed by atoms with Crippen LogP contribution in [-0.2, 0) is 5.41 Å². The Bertz CT molecular complexity index is 386. The van der Waals surface area contributed by atoms with Gasteiger partial charge in [0.1, 0.15) is 0 Å². The van der Waals surface area contributed by atoms with E-state index in [1.54, 1.807) is 0 Å². The topological polar surface area (TPSA) is 0 Å². The minimum atomic E-state index is -0.164. The van der Waals surface area contributed by atoms with Gasteiger partial charge in [-0.15, -0.1) is 23.2 Å². The highest BCUT2D eigenvalue weighted by Gasteiger charge is 2.33. The molecular weight excluding hydrogens is 311 g/mol. The molecule has 0 aliphatic carbocycles. The second-order valence-corrected chi connectivity index (χ2v) is 6.65. The van der Waals surface area contributed by atoms with Crippen LogP contribution >= 0.6 is 34.8 Å². The Morgan fingerprint density at radius 1 is 1.15 bits per heavy atom. The molecule has 1 aromatic carbocycles. The maximum Gasteiger partial charge on any atom is 0.0408 e. The highest BCUT2D eigenvalue weighted by Crippen LogP contribution is 2.37. The van der Waals surface area contributed by atoms with Gasteiger partial charge in [-0.2, -0.15) is 0 Å². The van der Waals surface area contributed by atoms with E-state index in [0.717, 1.165) is 11.4 Å². The molecule has 0 aromatic heterocycles. The van der Waals surface area contributed by atoms with E-state index in [4.69, 9.17) is 34.8 Å². The molecule has 0 bridgehead atoms. The first-order valence-corrected chi connectivity index (χ1v) is 8.94. The van der Waals surface area contributed by atoms with Crippen LogP contribution in [0.4, 0.5) is 0 Å². The summed E-state index contributed by atoms with van der Waals surface area (Å²) in [5, 5.41) is 0.753. The summed E-state index contributed by atoms with van der Waals surface area (Å²) in [6, 6.07) is 7.99. The third-order valence-corrected chi connectivity index (χ3v) is 5.43.